The number of phenols is 1. The van der Waals surface area contributed by atoms with Gasteiger partial charge in [-0.25, -0.2) is 4.39 Å². The molecular weight excluding hydrogens is 273 g/mol. The number of phenolic OH excluding ortho intramolecular Hbond substituents is 1. The lowest BCUT2D eigenvalue weighted by Gasteiger charge is -2.12. The van der Waals surface area contributed by atoms with E-state index in [0.717, 1.165) is 5.56 Å². The fourth-order valence-electron chi connectivity index (χ4n) is 1.92. The van der Waals surface area contributed by atoms with Gasteiger partial charge in [-0.05, 0) is 36.8 Å². The third kappa shape index (κ3) is 3.78. The summed E-state index contributed by atoms with van der Waals surface area (Å²) in [6.45, 7) is 2.99. The van der Waals surface area contributed by atoms with Crippen molar-refractivity contribution in [3.8, 4) is 17.2 Å². The van der Waals surface area contributed by atoms with E-state index in [2.05, 4.69) is 5.32 Å². The van der Waals surface area contributed by atoms with Crippen LogP contribution in [-0.2, 0) is 6.54 Å². The average Bonchev–Trinajstić information content (AvgIpc) is 2.49. The van der Waals surface area contributed by atoms with Gasteiger partial charge in [-0.15, -0.1) is 0 Å². The van der Waals surface area contributed by atoms with Gasteiger partial charge in [0.15, 0.2) is 23.1 Å². The number of rotatable bonds is 6. The molecule has 5 heteroatoms. The van der Waals surface area contributed by atoms with Crippen molar-refractivity contribution in [3.05, 3.63) is 47.8 Å². The second kappa shape index (κ2) is 6.83. The predicted octanol–water partition coefficient (Wildman–Crippen LogP) is 3.55. The van der Waals surface area contributed by atoms with Crippen molar-refractivity contribution in [2.45, 2.75) is 13.5 Å². The Morgan fingerprint density at radius 3 is 2.62 bits per heavy atom. The molecule has 0 spiro atoms. The van der Waals surface area contributed by atoms with Gasteiger partial charge < -0.3 is 19.9 Å². The number of ether oxygens (including phenoxy) is 2. The van der Waals surface area contributed by atoms with Gasteiger partial charge in [0, 0.05) is 18.3 Å². The number of methoxy groups -OCH3 is 1. The molecule has 0 saturated carbocycles. The monoisotopic (exact) mass is 291 g/mol. The molecule has 2 rings (SSSR count). The van der Waals surface area contributed by atoms with Crippen molar-refractivity contribution >= 4 is 5.69 Å². The van der Waals surface area contributed by atoms with Gasteiger partial charge in [-0.3, -0.25) is 0 Å². The molecule has 0 aliphatic heterocycles. The maximum atomic E-state index is 13.2. The molecule has 2 aromatic rings. The predicted molar refractivity (Wildman–Crippen MR) is 79.6 cm³/mol. The Bertz CT molecular complexity index is 616. The maximum absolute atomic E-state index is 13.2. The van der Waals surface area contributed by atoms with E-state index in [1.54, 1.807) is 13.2 Å². The van der Waals surface area contributed by atoms with E-state index < -0.39 is 5.82 Å². The number of nitrogens with one attached hydrogen (secondary N) is 1. The van der Waals surface area contributed by atoms with Crippen LogP contribution >= 0.6 is 0 Å². The second-order valence-electron chi connectivity index (χ2n) is 4.44. The Morgan fingerprint density at radius 1 is 1.14 bits per heavy atom. The molecule has 0 radical (unpaired) electrons. The lowest BCUT2D eigenvalue weighted by Crippen LogP contribution is -2.01. The summed E-state index contributed by atoms with van der Waals surface area (Å²) in [4.78, 5) is 0. The normalized spacial score (nSPS) is 10.2. The summed E-state index contributed by atoms with van der Waals surface area (Å²) in [5, 5.41) is 12.2. The summed E-state index contributed by atoms with van der Waals surface area (Å²) in [7, 11) is 1.59. The molecule has 0 saturated heterocycles. The minimum absolute atomic E-state index is 0.358. The molecule has 0 heterocycles. The highest BCUT2D eigenvalue weighted by Gasteiger charge is 2.06. The van der Waals surface area contributed by atoms with Crippen LogP contribution in [0.2, 0.25) is 0 Å². The largest absolute Gasteiger partial charge is 0.505 e. The third-order valence-electron chi connectivity index (χ3n) is 2.97. The van der Waals surface area contributed by atoms with Crippen LogP contribution in [0.15, 0.2) is 36.4 Å². The number of halogens is 1. The third-order valence-corrected chi connectivity index (χ3v) is 2.97. The van der Waals surface area contributed by atoms with Crippen LogP contribution in [0.1, 0.15) is 12.5 Å². The van der Waals surface area contributed by atoms with E-state index in [1.165, 1.54) is 12.1 Å². The zero-order valence-electron chi connectivity index (χ0n) is 12.0. The first-order valence-corrected chi connectivity index (χ1v) is 6.66. The second-order valence-corrected chi connectivity index (χ2v) is 4.44. The van der Waals surface area contributed by atoms with Crippen LogP contribution in [0.5, 0.6) is 17.2 Å². The lowest BCUT2D eigenvalue weighted by molar-refractivity contribution is 0.310. The van der Waals surface area contributed by atoms with E-state index in [1.807, 2.05) is 25.1 Å². The van der Waals surface area contributed by atoms with Crippen molar-refractivity contribution in [3.63, 3.8) is 0 Å². The first-order chi connectivity index (χ1) is 10.1. The van der Waals surface area contributed by atoms with Crippen molar-refractivity contribution in [1.82, 2.24) is 0 Å². The van der Waals surface area contributed by atoms with E-state index in [4.69, 9.17) is 14.6 Å². The molecule has 4 nitrogen and oxygen atoms in total. The Hall–Kier alpha value is -2.43. The molecule has 0 bridgehead atoms. The van der Waals surface area contributed by atoms with E-state index in [-0.39, 0.29) is 5.75 Å². The summed E-state index contributed by atoms with van der Waals surface area (Å²) in [5.41, 5.74) is 1.57. The highest BCUT2D eigenvalue weighted by atomic mass is 19.1. The van der Waals surface area contributed by atoms with Gasteiger partial charge in [-0.2, -0.15) is 0 Å². The van der Waals surface area contributed by atoms with Gasteiger partial charge in [0.25, 0.3) is 0 Å². The summed E-state index contributed by atoms with van der Waals surface area (Å²) < 4.78 is 24.0. The van der Waals surface area contributed by atoms with Crippen LogP contribution in [0.25, 0.3) is 0 Å². The Balaban J connectivity index is 2.07. The van der Waals surface area contributed by atoms with Crippen molar-refractivity contribution in [2.24, 2.45) is 0 Å². The molecule has 0 aliphatic rings. The van der Waals surface area contributed by atoms with E-state index in [0.29, 0.717) is 30.3 Å². The van der Waals surface area contributed by atoms with E-state index >= 15 is 0 Å². The number of benzene rings is 2. The molecule has 0 amide bonds. The number of hydrogen-bond acceptors (Lipinski definition) is 4. The molecule has 2 aromatic carbocycles. The molecule has 0 aliphatic carbocycles. The summed E-state index contributed by atoms with van der Waals surface area (Å²) in [6, 6.07) is 9.81. The average molecular weight is 291 g/mol. The van der Waals surface area contributed by atoms with Crippen LogP contribution in [0.4, 0.5) is 10.1 Å². The standard InChI is InChI=1S/C16H18FNO3/c1-3-21-15-7-4-11(8-16(15)20-2)10-18-12-5-6-14(19)13(17)9-12/h4-9,18-19H,3,10H2,1-2H3. The molecule has 0 aromatic heterocycles. The first-order valence-electron chi connectivity index (χ1n) is 6.66. The first kappa shape index (κ1) is 15.0. The fraction of sp³-hybridized carbons (Fsp3) is 0.250. The highest BCUT2D eigenvalue weighted by molar-refractivity contribution is 5.49. The van der Waals surface area contributed by atoms with Crippen LogP contribution in [-0.4, -0.2) is 18.8 Å². The molecule has 0 atom stereocenters. The SMILES string of the molecule is CCOc1ccc(CNc2ccc(O)c(F)c2)cc1OC. The molecule has 0 fully saturated rings. The Morgan fingerprint density at radius 2 is 1.95 bits per heavy atom. The zero-order valence-corrected chi connectivity index (χ0v) is 12.0. The summed E-state index contributed by atoms with van der Waals surface area (Å²) in [5.74, 6) is 0.347. The number of anilines is 1. The van der Waals surface area contributed by atoms with E-state index in [9.17, 15) is 4.39 Å². The molecule has 21 heavy (non-hydrogen) atoms. The maximum Gasteiger partial charge on any atom is 0.166 e. The van der Waals surface area contributed by atoms with Gasteiger partial charge >= 0.3 is 0 Å². The van der Waals surface area contributed by atoms with Gasteiger partial charge in [0.05, 0.1) is 13.7 Å². The van der Waals surface area contributed by atoms with Crippen LogP contribution in [0, 0.1) is 5.82 Å². The Kier molecular flexibility index (Phi) is 4.87. The number of hydrogen-bond donors (Lipinski definition) is 2. The molecular formula is C16H18FNO3. The van der Waals surface area contributed by atoms with Gasteiger partial charge in [0.1, 0.15) is 0 Å². The van der Waals surface area contributed by atoms with Crippen LogP contribution in [0.3, 0.4) is 0 Å². The highest BCUT2D eigenvalue weighted by Crippen LogP contribution is 2.28. The van der Waals surface area contributed by atoms with Crippen molar-refractivity contribution in [2.75, 3.05) is 19.0 Å². The quantitative estimate of drug-likeness (QED) is 0.799. The minimum Gasteiger partial charge on any atom is -0.505 e. The smallest absolute Gasteiger partial charge is 0.166 e. The summed E-state index contributed by atoms with van der Waals surface area (Å²) in [6.07, 6.45) is 0. The lowest BCUT2D eigenvalue weighted by atomic mass is 10.2. The fourth-order valence-corrected chi connectivity index (χ4v) is 1.92. The summed E-state index contributed by atoms with van der Waals surface area (Å²) >= 11 is 0. The van der Waals surface area contributed by atoms with Crippen molar-refractivity contribution in [1.29, 1.82) is 0 Å². The molecule has 0 unspecified atom stereocenters. The zero-order chi connectivity index (χ0) is 15.2. The topological polar surface area (TPSA) is 50.7 Å². The number of aromatic hydroxyl groups is 1. The van der Waals surface area contributed by atoms with Crippen LogP contribution < -0.4 is 14.8 Å². The molecule has 2 N–H and O–H groups in total. The molecule has 112 valence electrons. The minimum atomic E-state index is -0.649. The van der Waals surface area contributed by atoms with Gasteiger partial charge in [-0.1, -0.05) is 6.07 Å². The van der Waals surface area contributed by atoms with Crippen molar-refractivity contribution < 1.29 is 19.0 Å². The Labute approximate surface area is 123 Å². The van der Waals surface area contributed by atoms with Gasteiger partial charge in [0.2, 0.25) is 0 Å².